The van der Waals surface area contributed by atoms with Crippen LogP contribution in [0.4, 0.5) is 11.4 Å². The van der Waals surface area contributed by atoms with E-state index in [1.807, 2.05) is 30.5 Å². The standard InChI is InChI=1S/C36H30N2O/c1-2-10-31-26(7-1)8-5-9-28(31)24-39-30-21-15-25(16-22-30)23-37-29-19-17-27(18-20-29)36-34-13-6-12-32(34)33-11-3-4-14-35(33)38-36/h1-12,14-23,32,34,36,38H,13,24H2/t32-,34-,36-/m1/s1. The molecule has 5 aromatic carbocycles. The molecule has 1 N–H and O–H groups in total. The smallest absolute Gasteiger partial charge is 0.119 e. The summed E-state index contributed by atoms with van der Waals surface area (Å²) in [6.45, 7) is 0.542. The summed E-state index contributed by atoms with van der Waals surface area (Å²) in [5.74, 6) is 1.89. The normalized spacial score (nSPS) is 19.5. The lowest BCUT2D eigenvalue weighted by atomic mass is 9.77. The fourth-order valence-corrected chi connectivity index (χ4v) is 6.02. The van der Waals surface area contributed by atoms with E-state index in [2.05, 4.69) is 108 Å². The summed E-state index contributed by atoms with van der Waals surface area (Å²) in [4.78, 5) is 4.72. The van der Waals surface area contributed by atoms with E-state index >= 15 is 0 Å². The fraction of sp³-hybridized carbons (Fsp3) is 0.139. The van der Waals surface area contributed by atoms with Crippen molar-refractivity contribution in [3.05, 3.63) is 150 Å². The highest BCUT2D eigenvalue weighted by Gasteiger charge is 2.37. The average Bonchev–Trinajstić information content (AvgIpc) is 3.50. The number of aliphatic imine (C=N–C) groups is 1. The first-order valence-corrected chi connectivity index (χ1v) is 13.7. The molecule has 3 atom stereocenters. The Morgan fingerprint density at radius 2 is 1.59 bits per heavy atom. The SMILES string of the molecule is C1=C[C@@H]2c3ccccc3N[C@H](c3ccc(N=Cc4ccc(OCc5cccc6ccccc56)cc4)cc3)[C@@H]2C1. The van der Waals surface area contributed by atoms with Crippen molar-refractivity contribution in [2.45, 2.75) is 25.0 Å². The van der Waals surface area contributed by atoms with Crippen molar-refractivity contribution in [3.63, 3.8) is 0 Å². The molecule has 2 aliphatic rings. The molecule has 3 heteroatoms. The predicted molar refractivity (Wildman–Crippen MR) is 161 cm³/mol. The lowest BCUT2D eigenvalue weighted by molar-refractivity contribution is 0.307. The molecular weight excluding hydrogens is 476 g/mol. The Bertz CT molecular complexity index is 1660. The van der Waals surface area contributed by atoms with Crippen molar-refractivity contribution in [1.82, 2.24) is 0 Å². The highest BCUT2D eigenvalue weighted by atomic mass is 16.5. The average molecular weight is 507 g/mol. The molecule has 1 aliphatic heterocycles. The molecule has 3 nitrogen and oxygen atoms in total. The summed E-state index contributed by atoms with van der Waals surface area (Å²) in [6, 6.07) is 40.6. The number of hydrogen-bond acceptors (Lipinski definition) is 3. The molecule has 39 heavy (non-hydrogen) atoms. The second-order valence-corrected chi connectivity index (χ2v) is 10.4. The third kappa shape index (κ3) is 4.72. The van der Waals surface area contributed by atoms with E-state index in [0.717, 1.165) is 23.4 Å². The molecule has 0 amide bonds. The van der Waals surface area contributed by atoms with Crippen molar-refractivity contribution in [2.24, 2.45) is 10.9 Å². The Morgan fingerprint density at radius 1 is 0.795 bits per heavy atom. The number of anilines is 1. The zero-order valence-corrected chi connectivity index (χ0v) is 21.7. The minimum absolute atomic E-state index is 0.305. The van der Waals surface area contributed by atoms with Crippen LogP contribution in [0.2, 0.25) is 0 Å². The van der Waals surface area contributed by atoms with Gasteiger partial charge in [-0.2, -0.15) is 0 Å². The van der Waals surface area contributed by atoms with Gasteiger partial charge >= 0.3 is 0 Å². The molecule has 5 aromatic rings. The number of hydrogen-bond donors (Lipinski definition) is 1. The lowest BCUT2D eigenvalue weighted by Gasteiger charge is -2.37. The van der Waals surface area contributed by atoms with Gasteiger partial charge in [0.2, 0.25) is 0 Å². The van der Waals surface area contributed by atoms with Gasteiger partial charge in [-0.05, 0) is 87.8 Å². The maximum absolute atomic E-state index is 6.09. The van der Waals surface area contributed by atoms with Gasteiger partial charge in [0.15, 0.2) is 0 Å². The highest BCUT2D eigenvalue weighted by molar-refractivity contribution is 5.85. The zero-order valence-electron chi connectivity index (χ0n) is 21.7. The minimum atomic E-state index is 0.305. The van der Waals surface area contributed by atoms with Crippen LogP contribution in [0.1, 0.15) is 40.6 Å². The van der Waals surface area contributed by atoms with Crippen LogP contribution in [0.15, 0.2) is 132 Å². The monoisotopic (exact) mass is 506 g/mol. The molecule has 0 radical (unpaired) electrons. The van der Waals surface area contributed by atoms with E-state index in [4.69, 9.17) is 9.73 Å². The van der Waals surface area contributed by atoms with Crippen LogP contribution in [0.3, 0.4) is 0 Å². The van der Waals surface area contributed by atoms with Gasteiger partial charge in [0, 0.05) is 17.8 Å². The second-order valence-electron chi connectivity index (χ2n) is 10.4. The summed E-state index contributed by atoms with van der Waals surface area (Å²) < 4.78 is 6.09. The van der Waals surface area contributed by atoms with E-state index < -0.39 is 0 Å². The Kier molecular flexibility index (Phi) is 6.18. The topological polar surface area (TPSA) is 33.6 Å². The van der Waals surface area contributed by atoms with Gasteiger partial charge < -0.3 is 10.1 Å². The van der Waals surface area contributed by atoms with E-state index in [1.165, 1.54) is 33.2 Å². The van der Waals surface area contributed by atoms with Gasteiger partial charge in [-0.15, -0.1) is 0 Å². The Labute approximate surface area is 229 Å². The number of fused-ring (bicyclic) bond motifs is 4. The third-order valence-corrected chi connectivity index (χ3v) is 8.04. The van der Waals surface area contributed by atoms with Crippen LogP contribution in [-0.2, 0) is 6.61 Å². The molecular formula is C36H30N2O. The van der Waals surface area contributed by atoms with Gasteiger partial charge in [-0.1, -0.05) is 84.9 Å². The summed E-state index contributed by atoms with van der Waals surface area (Å²) in [6.07, 6.45) is 7.74. The van der Waals surface area contributed by atoms with Gasteiger partial charge in [-0.3, -0.25) is 4.99 Å². The third-order valence-electron chi connectivity index (χ3n) is 8.04. The number of nitrogens with zero attached hydrogens (tertiary/aromatic N) is 1. The molecule has 0 bridgehead atoms. The van der Waals surface area contributed by atoms with Gasteiger partial charge in [0.05, 0.1) is 11.7 Å². The molecule has 7 rings (SSSR count). The van der Waals surface area contributed by atoms with E-state index in [1.54, 1.807) is 0 Å². The Hall–Kier alpha value is -4.63. The van der Waals surface area contributed by atoms with Gasteiger partial charge in [0.1, 0.15) is 12.4 Å². The van der Waals surface area contributed by atoms with Crippen LogP contribution < -0.4 is 10.1 Å². The summed E-state index contributed by atoms with van der Waals surface area (Å²) in [5, 5.41) is 6.28. The molecule has 1 heterocycles. The van der Waals surface area contributed by atoms with E-state index in [0.29, 0.717) is 24.5 Å². The molecule has 0 saturated heterocycles. The fourth-order valence-electron chi connectivity index (χ4n) is 6.02. The van der Waals surface area contributed by atoms with Crippen molar-refractivity contribution >= 4 is 28.4 Å². The number of allylic oxidation sites excluding steroid dienone is 2. The number of rotatable bonds is 6. The van der Waals surface area contributed by atoms with Crippen molar-refractivity contribution < 1.29 is 4.74 Å². The first-order valence-electron chi connectivity index (χ1n) is 13.7. The molecule has 0 aromatic heterocycles. The lowest BCUT2D eigenvalue weighted by Crippen LogP contribution is -2.28. The van der Waals surface area contributed by atoms with Crippen LogP contribution in [0.25, 0.3) is 10.8 Å². The molecule has 0 saturated carbocycles. The number of ether oxygens (including phenoxy) is 1. The molecule has 0 spiro atoms. The maximum atomic E-state index is 6.09. The van der Waals surface area contributed by atoms with Crippen LogP contribution in [-0.4, -0.2) is 6.21 Å². The Balaban J connectivity index is 1.00. The predicted octanol–water partition coefficient (Wildman–Crippen LogP) is 9.00. The van der Waals surface area contributed by atoms with Gasteiger partial charge in [-0.25, -0.2) is 0 Å². The number of benzene rings is 5. The minimum Gasteiger partial charge on any atom is -0.489 e. The van der Waals surface area contributed by atoms with E-state index in [-0.39, 0.29) is 0 Å². The molecule has 0 unspecified atom stereocenters. The zero-order chi connectivity index (χ0) is 26.0. The van der Waals surface area contributed by atoms with Crippen molar-refractivity contribution in [3.8, 4) is 5.75 Å². The molecule has 0 fully saturated rings. The molecule has 1 aliphatic carbocycles. The first kappa shape index (κ1) is 23.5. The summed E-state index contributed by atoms with van der Waals surface area (Å²) in [7, 11) is 0. The van der Waals surface area contributed by atoms with Gasteiger partial charge in [0.25, 0.3) is 0 Å². The Morgan fingerprint density at radius 3 is 2.49 bits per heavy atom. The van der Waals surface area contributed by atoms with E-state index in [9.17, 15) is 0 Å². The first-order chi connectivity index (χ1) is 19.3. The quantitative estimate of drug-likeness (QED) is 0.184. The largest absolute Gasteiger partial charge is 0.489 e. The highest BCUT2D eigenvalue weighted by Crippen LogP contribution is 2.49. The second kappa shape index (κ2) is 10.3. The van der Waals surface area contributed by atoms with Crippen LogP contribution in [0.5, 0.6) is 5.75 Å². The number of para-hydroxylation sites is 1. The molecule has 190 valence electrons. The maximum Gasteiger partial charge on any atom is 0.119 e. The van der Waals surface area contributed by atoms with Crippen molar-refractivity contribution in [1.29, 1.82) is 0 Å². The summed E-state index contributed by atoms with van der Waals surface area (Å²) in [5.41, 5.74) is 7.17. The number of nitrogens with one attached hydrogen (secondary N) is 1. The van der Waals surface area contributed by atoms with Crippen molar-refractivity contribution in [2.75, 3.05) is 5.32 Å². The van der Waals surface area contributed by atoms with Crippen LogP contribution >= 0.6 is 0 Å². The summed E-state index contributed by atoms with van der Waals surface area (Å²) >= 11 is 0. The van der Waals surface area contributed by atoms with Crippen LogP contribution in [0, 0.1) is 5.92 Å².